The average molecular weight is 347 g/mol. The molecular weight excluding hydrogens is 335 g/mol. The van der Waals surface area contributed by atoms with Gasteiger partial charge in [-0.2, -0.15) is 0 Å². The Morgan fingerprint density at radius 2 is 2.12 bits per heavy atom. The highest BCUT2D eigenvalue weighted by molar-refractivity contribution is 6.31. The minimum Gasteiger partial charge on any atom is -0.478 e. The number of rotatable bonds is 2. The molecule has 0 spiro atoms. The average Bonchev–Trinajstić information content (AvgIpc) is 3.13. The molecule has 0 aliphatic carbocycles. The highest BCUT2D eigenvalue weighted by Gasteiger charge is 2.39. The van der Waals surface area contributed by atoms with Crippen molar-refractivity contribution in [2.24, 2.45) is 0 Å². The molecule has 1 atom stereocenters. The molecule has 2 aliphatic heterocycles. The van der Waals surface area contributed by atoms with Crippen LogP contribution in [0.2, 0.25) is 5.02 Å². The van der Waals surface area contributed by atoms with Crippen molar-refractivity contribution in [3.63, 3.8) is 0 Å². The fraction of sp³-hybridized carbons (Fsp3) is 0.176. The van der Waals surface area contributed by atoms with Gasteiger partial charge in [-0.1, -0.05) is 11.6 Å². The van der Waals surface area contributed by atoms with Crippen LogP contribution in [-0.2, 0) is 6.42 Å². The second-order valence-electron chi connectivity index (χ2n) is 5.79. The zero-order valence-corrected chi connectivity index (χ0v) is 13.1. The fourth-order valence-corrected chi connectivity index (χ4v) is 3.69. The number of carbonyl (C=O) groups is 2. The van der Waals surface area contributed by atoms with Crippen molar-refractivity contribution >= 4 is 29.2 Å². The predicted octanol–water partition coefficient (Wildman–Crippen LogP) is 2.98. The molecule has 2 aromatic rings. The van der Waals surface area contributed by atoms with E-state index < -0.39 is 17.8 Å². The molecule has 2 aromatic carbocycles. The summed E-state index contributed by atoms with van der Waals surface area (Å²) in [5.74, 6) is -2.01. The summed E-state index contributed by atoms with van der Waals surface area (Å²) in [7, 11) is 0. The molecule has 5 nitrogen and oxygen atoms in total. The summed E-state index contributed by atoms with van der Waals surface area (Å²) in [4.78, 5) is 24.2. The molecule has 24 heavy (non-hydrogen) atoms. The Kier molecular flexibility index (Phi) is 3.25. The number of hydrogen-bond donors (Lipinski definition) is 3. The van der Waals surface area contributed by atoms with Gasteiger partial charge in [0.05, 0.1) is 17.2 Å². The lowest BCUT2D eigenvalue weighted by molar-refractivity contribution is 0.0695. The van der Waals surface area contributed by atoms with Gasteiger partial charge in [-0.15, -0.1) is 0 Å². The number of fused-ring (bicyclic) bond motifs is 3. The quantitative estimate of drug-likeness (QED) is 0.781. The van der Waals surface area contributed by atoms with Crippen LogP contribution in [0.4, 0.5) is 10.1 Å². The third-order valence-electron chi connectivity index (χ3n) is 4.46. The van der Waals surface area contributed by atoms with Crippen molar-refractivity contribution in [1.29, 1.82) is 0 Å². The fourth-order valence-electron chi connectivity index (χ4n) is 3.46. The van der Waals surface area contributed by atoms with Gasteiger partial charge in [-0.25, -0.2) is 9.18 Å². The van der Waals surface area contributed by atoms with E-state index >= 15 is 0 Å². The SMILES string of the molecule is O=C(O)c1cc2c(c3c1C(c1cc(F)ccc1Cl)NC3=O)CCN2. The van der Waals surface area contributed by atoms with Crippen LogP contribution in [0, 0.1) is 5.82 Å². The number of carboxylic acids is 1. The molecule has 7 heteroatoms. The van der Waals surface area contributed by atoms with E-state index in [2.05, 4.69) is 10.6 Å². The van der Waals surface area contributed by atoms with E-state index in [1.807, 2.05) is 0 Å². The third-order valence-corrected chi connectivity index (χ3v) is 4.80. The Hall–Kier alpha value is -2.60. The molecule has 1 unspecified atom stereocenters. The molecule has 0 saturated carbocycles. The first-order chi connectivity index (χ1) is 11.5. The van der Waals surface area contributed by atoms with E-state index in [0.29, 0.717) is 35.3 Å². The molecule has 0 saturated heterocycles. The van der Waals surface area contributed by atoms with Crippen LogP contribution < -0.4 is 10.6 Å². The van der Waals surface area contributed by atoms with Crippen LogP contribution in [0.25, 0.3) is 0 Å². The first-order valence-corrected chi connectivity index (χ1v) is 7.78. The van der Waals surface area contributed by atoms with Gasteiger partial charge >= 0.3 is 5.97 Å². The van der Waals surface area contributed by atoms with Gasteiger partial charge in [0, 0.05) is 28.4 Å². The molecule has 1 amide bonds. The van der Waals surface area contributed by atoms with E-state index in [4.69, 9.17) is 11.6 Å². The van der Waals surface area contributed by atoms with Gasteiger partial charge < -0.3 is 15.7 Å². The van der Waals surface area contributed by atoms with E-state index in [1.165, 1.54) is 24.3 Å². The minimum absolute atomic E-state index is 0.0156. The summed E-state index contributed by atoms with van der Waals surface area (Å²) in [6, 6.07) is 4.58. The van der Waals surface area contributed by atoms with Crippen LogP contribution >= 0.6 is 11.6 Å². The lowest BCUT2D eigenvalue weighted by Gasteiger charge is -2.17. The number of carbonyl (C=O) groups excluding carboxylic acids is 1. The molecule has 4 rings (SSSR count). The number of anilines is 1. The van der Waals surface area contributed by atoms with Crippen LogP contribution in [-0.4, -0.2) is 23.5 Å². The van der Waals surface area contributed by atoms with Gasteiger partial charge in [-0.3, -0.25) is 4.79 Å². The second kappa shape index (κ2) is 5.21. The van der Waals surface area contributed by atoms with Gasteiger partial charge in [0.15, 0.2) is 0 Å². The molecule has 2 heterocycles. The van der Waals surface area contributed by atoms with Gasteiger partial charge in [0.1, 0.15) is 5.82 Å². The standard InChI is InChI=1S/C17H12ClFN2O3/c18-11-2-1-7(19)5-9(11)15-13-10(17(23)24)6-12-8(3-4-20-12)14(13)16(22)21-15/h1-2,5-6,15,20H,3-4H2,(H,21,22)(H,23,24). The minimum atomic E-state index is -1.14. The number of amides is 1. The molecule has 0 bridgehead atoms. The molecule has 0 aromatic heterocycles. The molecule has 0 fully saturated rings. The highest BCUT2D eigenvalue weighted by atomic mass is 35.5. The summed E-state index contributed by atoms with van der Waals surface area (Å²) in [6.07, 6.45) is 0.634. The smallest absolute Gasteiger partial charge is 0.336 e. The van der Waals surface area contributed by atoms with Crippen LogP contribution in [0.5, 0.6) is 0 Å². The van der Waals surface area contributed by atoms with Crippen molar-refractivity contribution in [3.8, 4) is 0 Å². The Labute approximate surface area is 141 Å². The number of nitrogens with one attached hydrogen (secondary N) is 2. The Balaban J connectivity index is 2.00. The van der Waals surface area contributed by atoms with E-state index in [9.17, 15) is 19.1 Å². The van der Waals surface area contributed by atoms with Gasteiger partial charge in [0.2, 0.25) is 0 Å². The second-order valence-corrected chi connectivity index (χ2v) is 6.20. The van der Waals surface area contributed by atoms with Crippen LogP contribution in [0.3, 0.4) is 0 Å². The summed E-state index contributed by atoms with van der Waals surface area (Å²) in [6.45, 7) is 0.642. The van der Waals surface area contributed by atoms with Crippen molar-refractivity contribution in [2.45, 2.75) is 12.5 Å². The lowest BCUT2D eigenvalue weighted by Crippen LogP contribution is -2.21. The van der Waals surface area contributed by atoms with Gasteiger partial charge in [-0.05, 0) is 36.2 Å². The summed E-state index contributed by atoms with van der Waals surface area (Å²) < 4.78 is 13.7. The molecule has 0 radical (unpaired) electrons. The molecule has 2 aliphatic rings. The molecule has 122 valence electrons. The topological polar surface area (TPSA) is 78.4 Å². The van der Waals surface area contributed by atoms with Crippen molar-refractivity contribution in [3.05, 3.63) is 62.9 Å². The van der Waals surface area contributed by atoms with Gasteiger partial charge in [0.25, 0.3) is 5.91 Å². The Morgan fingerprint density at radius 3 is 2.88 bits per heavy atom. The number of halogens is 2. The largest absolute Gasteiger partial charge is 0.478 e. The normalized spacial score (nSPS) is 17.9. The zero-order chi connectivity index (χ0) is 17.0. The Bertz CT molecular complexity index is 913. The number of carboxylic acid groups (broad SMARTS) is 1. The summed E-state index contributed by atoms with van der Waals surface area (Å²) in [5.41, 5.74) is 2.52. The van der Waals surface area contributed by atoms with E-state index in [-0.39, 0.29) is 16.5 Å². The maximum absolute atomic E-state index is 13.7. The summed E-state index contributed by atoms with van der Waals surface area (Å²) >= 11 is 6.16. The van der Waals surface area contributed by atoms with E-state index in [1.54, 1.807) is 0 Å². The number of aromatic carboxylic acids is 1. The number of hydrogen-bond acceptors (Lipinski definition) is 3. The first-order valence-electron chi connectivity index (χ1n) is 7.40. The van der Waals surface area contributed by atoms with Crippen molar-refractivity contribution in [2.75, 3.05) is 11.9 Å². The zero-order valence-electron chi connectivity index (χ0n) is 12.3. The lowest BCUT2D eigenvalue weighted by atomic mass is 9.89. The van der Waals surface area contributed by atoms with Crippen molar-refractivity contribution < 1.29 is 19.1 Å². The van der Waals surface area contributed by atoms with Crippen molar-refractivity contribution in [1.82, 2.24) is 5.32 Å². The maximum Gasteiger partial charge on any atom is 0.336 e. The highest BCUT2D eigenvalue weighted by Crippen LogP contribution is 2.42. The Morgan fingerprint density at radius 1 is 1.33 bits per heavy atom. The first kappa shape index (κ1) is 15.0. The maximum atomic E-state index is 13.7. The van der Waals surface area contributed by atoms with Crippen LogP contribution in [0.1, 0.15) is 43.4 Å². The third kappa shape index (κ3) is 2.06. The number of benzene rings is 2. The molecular formula is C17H12ClFN2O3. The molecule has 3 N–H and O–H groups in total. The van der Waals surface area contributed by atoms with E-state index in [0.717, 1.165) is 5.56 Å². The predicted molar refractivity (Wildman–Crippen MR) is 86.3 cm³/mol. The summed E-state index contributed by atoms with van der Waals surface area (Å²) in [5, 5.41) is 15.7. The monoisotopic (exact) mass is 346 g/mol. The van der Waals surface area contributed by atoms with Crippen LogP contribution in [0.15, 0.2) is 24.3 Å².